The van der Waals surface area contributed by atoms with Crippen molar-refractivity contribution in [1.29, 1.82) is 0 Å². The highest BCUT2D eigenvalue weighted by atomic mass is 79.9. The Morgan fingerprint density at radius 1 is 1.45 bits per heavy atom. The minimum Gasteiger partial charge on any atom is -0.481 e. The minimum atomic E-state index is -1.02. The zero-order valence-electron chi connectivity index (χ0n) is 12.5. The zero-order valence-corrected chi connectivity index (χ0v) is 14.1. The molecule has 0 aliphatic carbocycles. The fraction of sp³-hybridized carbons (Fsp3) is 0.467. The molecule has 2 N–H and O–H groups in total. The van der Waals surface area contributed by atoms with Gasteiger partial charge in [-0.05, 0) is 37.1 Å². The number of aryl methyl sites for hydroxylation is 1. The minimum absolute atomic E-state index is 0.0920. The molecular weight excluding hydrogens is 357 g/mol. The number of carbonyl (C=O) groups is 2. The van der Waals surface area contributed by atoms with Gasteiger partial charge in [0.1, 0.15) is 5.82 Å². The maximum Gasteiger partial charge on any atom is 0.305 e. The number of carbonyl (C=O) groups excluding carboxylic acids is 1. The van der Waals surface area contributed by atoms with Crippen molar-refractivity contribution in [2.75, 3.05) is 13.7 Å². The molecule has 0 saturated carbocycles. The van der Waals surface area contributed by atoms with Crippen molar-refractivity contribution in [2.45, 2.75) is 31.7 Å². The number of carboxylic acid groups (broad SMARTS) is 1. The Morgan fingerprint density at radius 2 is 2.14 bits per heavy atom. The predicted molar refractivity (Wildman–Crippen MR) is 83.1 cm³/mol. The summed E-state index contributed by atoms with van der Waals surface area (Å²) in [5.74, 6) is -1.70. The van der Waals surface area contributed by atoms with E-state index in [1.165, 1.54) is 19.2 Å². The maximum absolute atomic E-state index is 13.2. The first-order valence-electron chi connectivity index (χ1n) is 6.71. The van der Waals surface area contributed by atoms with Gasteiger partial charge in [0.25, 0.3) is 0 Å². The first-order valence-corrected chi connectivity index (χ1v) is 7.51. The summed E-state index contributed by atoms with van der Waals surface area (Å²) in [6, 6.07) is 4.28. The van der Waals surface area contributed by atoms with Crippen LogP contribution >= 0.6 is 15.9 Å². The van der Waals surface area contributed by atoms with E-state index < -0.39 is 11.5 Å². The van der Waals surface area contributed by atoms with E-state index in [0.717, 1.165) is 4.47 Å². The molecule has 0 radical (unpaired) electrons. The van der Waals surface area contributed by atoms with Crippen LogP contribution in [0.5, 0.6) is 0 Å². The number of rotatable bonds is 8. The van der Waals surface area contributed by atoms with Crippen LogP contribution < -0.4 is 5.32 Å². The summed E-state index contributed by atoms with van der Waals surface area (Å²) >= 11 is 3.30. The summed E-state index contributed by atoms with van der Waals surface area (Å²) < 4.78 is 18.9. The van der Waals surface area contributed by atoms with E-state index in [9.17, 15) is 14.0 Å². The Balaban J connectivity index is 2.64. The van der Waals surface area contributed by atoms with Gasteiger partial charge in [-0.1, -0.05) is 15.9 Å². The summed E-state index contributed by atoms with van der Waals surface area (Å²) in [5, 5.41) is 11.6. The van der Waals surface area contributed by atoms with E-state index in [0.29, 0.717) is 12.0 Å². The van der Waals surface area contributed by atoms with Gasteiger partial charge in [0.2, 0.25) is 5.91 Å². The molecule has 1 unspecified atom stereocenters. The van der Waals surface area contributed by atoms with Crippen LogP contribution in [0.2, 0.25) is 0 Å². The second-order valence-corrected chi connectivity index (χ2v) is 6.20. The zero-order chi connectivity index (χ0) is 16.8. The molecule has 1 rings (SSSR count). The standard InChI is InChI=1S/C15H19BrFNO4/c1-15(9-22-2,8-14(20)21)18-13(19)6-3-10-7-11(17)4-5-12(10)16/h4-5,7H,3,6,8-9H2,1-2H3,(H,18,19)(H,20,21). The number of halogens is 2. The third-order valence-electron chi connectivity index (χ3n) is 3.07. The average Bonchev–Trinajstić information content (AvgIpc) is 2.38. The molecule has 122 valence electrons. The number of ether oxygens (including phenoxy) is 1. The number of carboxylic acids is 1. The van der Waals surface area contributed by atoms with Crippen molar-refractivity contribution >= 4 is 27.8 Å². The SMILES string of the molecule is COCC(C)(CC(=O)O)NC(=O)CCc1cc(F)ccc1Br. The molecular formula is C15H19BrFNO4. The smallest absolute Gasteiger partial charge is 0.305 e. The predicted octanol–water partition coefficient (Wildman–Crippen LogP) is 2.52. The summed E-state index contributed by atoms with van der Waals surface area (Å²) in [6.07, 6.45) is 0.234. The van der Waals surface area contributed by atoms with Crippen LogP contribution in [0.15, 0.2) is 22.7 Å². The largest absolute Gasteiger partial charge is 0.481 e. The topological polar surface area (TPSA) is 75.6 Å². The maximum atomic E-state index is 13.2. The molecule has 0 saturated heterocycles. The Kier molecular flexibility index (Phi) is 6.96. The number of nitrogens with one attached hydrogen (secondary N) is 1. The highest BCUT2D eigenvalue weighted by Gasteiger charge is 2.29. The van der Waals surface area contributed by atoms with E-state index in [4.69, 9.17) is 9.84 Å². The molecule has 0 spiro atoms. The lowest BCUT2D eigenvalue weighted by Gasteiger charge is -2.28. The van der Waals surface area contributed by atoms with Crippen molar-refractivity contribution in [3.8, 4) is 0 Å². The van der Waals surface area contributed by atoms with Gasteiger partial charge < -0.3 is 15.2 Å². The van der Waals surface area contributed by atoms with Gasteiger partial charge in [-0.15, -0.1) is 0 Å². The quantitative estimate of drug-likeness (QED) is 0.731. The fourth-order valence-electron chi connectivity index (χ4n) is 2.17. The Hall–Kier alpha value is -1.47. The average molecular weight is 376 g/mol. The molecule has 1 amide bonds. The number of benzene rings is 1. The van der Waals surface area contributed by atoms with Crippen LogP contribution in [0.1, 0.15) is 25.3 Å². The molecule has 22 heavy (non-hydrogen) atoms. The lowest BCUT2D eigenvalue weighted by Crippen LogP contribution is -2.50. The van der Waals surface area contributed by atoms with E-state index >= 15 is 0 Å². The monoisotopic (exact) mass is 375 g/mol. The van der Waals surface area contributed by atoms with Gasteiger partial charge in [-0.25, -0.2) is 4.39 Å². The lowest BCUT2D eigenvalue weighted by molar-refractivity contribution is -0.139. The summed E-state index contributed by atoms with van der Waals surface area (Å²) in [6.45, 7) is 1.70. The second-order valence-electron chi connectivity index (χ2n) is 5.35. The summed E-state index contributed by atoms with van der Waals surface area (Å²) in [4.78, 5) is 22.9. The van der Waals surface area contributed by atoms with Gasteiger partial charge in [0.05, 0.1) is 18.6 Å². The normalized spacial score (nSPS) is 13.5. The summed E-state index contributed by atoms with van der Waals surface area (Å²) in [5.41, 5.74) is -0.293. The van der Waals surface area contributed by atoms with E-state index in [2.05, 4.69) is 21.2 Å². The number of aliphatic carboxylic acids is 1. The Labute approximate surface area is 137 Å². The summed E-state index contributed by atoms with van der Waals surface area (Å²) in [7, 11) is 1.44. The van der Waals surface area contributed by atoms with Crippen LogP contribution in [0, 0.1) is 5.82 Å². The molecule has 7 heteroatoms. The van der Waals surface area contributed by atoms with Crippen LogP contribution in [0.4, 0.5) is 4.39 Å². The van der Waals surface area contributed by atoms with Crippen molar-refractivity contribution in [3.05, 3.63) is 34.1 Å². The molecule has 0 fully saturated rings. The lowest BCUT2D eigenvalue weighted by atomic mass is 9.98. The van der Waals surface area contributed by atoms with Crippen molar-refractivity contribution in [3.63, 3.8) is 0 Å². The highest BCUT2D eigenvalue weighted by Crippen LogP contribution is 2.19. The van der Waals surface area contributed by atoms with Crippen molar-refractivity contribution < 1.29 is 23.8 Å². The highest BCUT2D eigenvalue weighted by molar-refractivity contribution is 9.10. The molecule has 0 aromatic heterocycles. The number of methoxy groups -OCH3 is 1. The third-order valence-corrected chi connectivity index (χ3v) is 3.85. The van der Waals surface area contributed by atoms with Gasteiger partial charge >= 0.3 is 5.97 Å². The number of hydrogen-bond donors (Lipinski definition) is 2. The molecule has 0 aliphatic rings. The molecule has 0 aliphatic heterocycles. The molecule has 0 heterocycles. The third kappa shape index (κ3) is 6.11. The van der Waals surface area contributed by atoms with E-state index in [1.54, 1.807) is 13.0 Å². The Morgan fingerprint density at radius 3 is 2.73 bits per heavy atom. The van der Waals surface area contributed by atoms with E-state index in [-0.39, 0.29) is 31.2 Å². The van der Waals surface area contributed by atoms with E-state index in [1.807, 2.05) is 0 Å². The van der Waals surface area contributed by atoms with Gasteiger partial charge in [-0.3, -0.25) is 9.59 Å². The fourth-order valence-corrected chi connectivity index (χ4v) is 2.61. The van der Waals surface area contributed by atoms with Gasteiger partial charge in [0, 0.05) is 18.0 Å². The van der Waals surface area contributed by atoms with Crippen LogP contribution in [-0.2, 0) is 20.7 Å². The molecule has 1 atom stereocenters. The van der Waals surface area contributed by atoms with Crippen molar-refractivity contribution in [1.82, 2.24) is 5.32 Å². The second kappa shape index (κ2) is 8.24. The molecule has 1 aromatic carbocycles. The van der Waals surface area contributed by atoms with Crippen LogP contribution in [-0.4, -0.2) is 36.2 Å². The molecule has 5 nitrogen and oxygen atoms in total. The number of hydrogen-bond acceptors (Lipinski definition) is 3. The van der Waals surface area contributed by atoms with Gasteiger partial charge in [0.15, 0.2) is 0 Å². The van der Waals surface area contributed by atoms with Gasteiger partial charge in [-0.2, -0.15) is 0 Å². The number of amides is 1. The molecule has 1 aromatic rings. The first kappa shape index (κ1) is 18.6. The van der Waals surface area contributed by atoms with Crippen LogP contribution in [0.3, 0.4) is 0 Å². The molecule has 0 bridgehead atoms. The van der Waals surface area contributed by atoms with Crippen LogP contribution in [0.25, 0.3) is 0 Å². The van der Waals surface area contributed by atoms with Crippen molar-refractivity contribution in [2.24, 2.45) is 0 Å². The first-order chi connectivity index (χ1) is 10.3. The Bertz CT molecular complexity index is 552.